The number of carboxylic acids is 1. The Balaban J connectivity index is 1.96. The van der Waals surface area contributed by atoms with E-state index in [1.54, 1.807) is 31.4 Å². The molecule has 0 radical (unpaired) electrons. The number of benzene rings is 2. The van der Waals surface area contributed by atoms with Crippen LogP contribution in [0.3, 0.4) is 0 Å². The van der Waals surface area contributed by atoms with Gasteiger partial charge in [0.05, 0.1) is 39.5 Å². The summed E-state index contributed by atoms with van der Waals surface area (Å²) in [6.07, 6.45) is 0.300. The Bertz CT molecular complexity index is 965. The van der Waals surface area contributed by atoms with E-state index in [0.29, 0.717) is 40.9 Å². The Morgan fingerprint density at radius 1 is 1.10 bits per heavy atom. The number of urea groups is 1. The predicted octanol–water partition coefficient (Wildman–Crippen LogP) is 3.97. The van der Waals surface area contributed by atoms with Gasteiger partial charge in [-0.3, -0.25) is 4.79 Å². The second kappa shape index (κ2) is 9.13. The Kier molecular flexibility index (Phi) is 6.56. The van der Waals surface area contributed by atoms with Crippen molar-refractivity contribution in [3.8, 4) is 17.2 Å². The van der Waals surface area contributed by atoms with Crippen LogP contribution in [0.4, 0.5) is 10.5 Å². The van der Waals surface area contributed by atoms with E-state index in [9.17, 15) is 14.7 Å². The number of nitrogens with one attached hydrogen (secondary N) is 1. The molecule has 0 saturated carbocycles. The number of halogens is 1. The van der Waals surface area contributed by atoms with Crippen LogP contribution in [0.25, 0.3) is 0 Å². The first-order valence-electron chi connectivity index (χ1n) is 9.25. The van der Waals surface area contributed by atoms with Gasteiger partial charge in [0.25, 0.3) is 0 Å². The smallest absolute Gasteiger partial charge is 0.322 e. The van der Waals surface area contributed by atoms with Gasteiger partial charge in [-0.1, -0.05) is 11.6 Å². The number of hydrogen-bond donors (Lipinski definition) is 2. The maximum Gasteiger partial charge on any atom is 0.322 e. The van der Waals surface area contributed by atoms with E-state index in [-0.39, 0.29) is 6.42 Å². The van der Waals surface area contributed by atoms with E-state index >= 15 is 0 Å². The fraction of sp³-hybridized carbons (Fsp3) is 0.333. The summed E-state index contributed by atoms with van der Waals surface area (Å²) in [6.45, 7) is 0.342. The average Bonchev–Trinajstić information content (AvgIpc) is 2.72. The standard InChI is InChI=1S/C21H23ClN2O6/c1-28-17-5-4-13(22)9-15(17)23-21(27)24-7-6-12-8-18(29-2)19(30-3)10-14(12)16(24)11-20(25)26/h4-5,8-10,16H,6-7,11H2,1-3H3,(H,23,27)(H,25,26)/t16-/m0/s1. The summed E-state index contributed by atoms with van der Waals surface area (Å²) in [7, 11) is 4.54. The highest BCUT2D eigenvalue weighted by atomic mass is 35.5. The zero-order valence-corrected chi connectivity index (χ0v) is 17.7. The number of carboxylic acid groups (broad SMARTS) is 1. The number of carbonyl (C=O) groups excluding carboxylic acids is 1. The van der Waals surface area contributed by atoms with Gasteiger partial charge in [-0.2, -0.15) is 0 Å². The van der Waals surface area contributed by atoms with Crippen molar-refractivity contribution in [2.75, 3.05) is 33.2 Å². The van der Waals surface area contributed by atoms with Gasteiger partial charge in [0.2, 0.25) is 0 Å². The van der Waals surface area contributed by atoms with Crippen molar-refractivity contribution in [3.05, 3.63) is 46.5 Å². The molecule has 1 aliphatic heterocycles. The van der Waals surface area contributed by atoms with Crippen molar-refractivity contribution in [1.29, 1.82) is 0 Å². The number of methoxy groups -OCH3 is 3. The van der Waals surface area contributed by atoms with Crippen LogP contribution in [0, 0.1) is 0 Å². The molecule has 2 aromatic carbocycles. The highest BCUT2D eigenvalue weighted by Crippen LogP contribution is 2.40. The Hall–Kier alpha value is -3.13. The van der Waals surface area contributed by atoms with Crippen molar-refractivity contribution < 1.29 is 28.9 Å². The molecule has 0 fully saturated rings. The van der Waals surface area contributed by atoms with E-state index in [2.05, 4.69) is 5.32 Å². The third-order valence-electron chi connectivity index (χ3n) is 5.03. The van der Waals surface area contributed by atoms with Gasteiger partial charge >= 0.3 is 12.0 Å². The minimum Gasteiger partial charge on any atom is -0.495 e. The van der Waals surface area contributed by atoms with Gasteiger partial charge in [0.15, 0.2) is 11.5 Å². The molecule has 9 heteroatoms. The highest BCUT2D eigenvalue weighted by Gasteiger charge is 2.34. The lowest BCUT2D eigenvalue weighted by molar-refractivity contribution is -0.138. The van der Waals surface area contributed by atoms with E-state index < -0.39 is 18.0 Å². The topological polar surface area (TPSA) is 97.3 Å². The third-order valence-corrected chi connectivity index (χ3v) is 5.27. The van der Waals surface area contributed by atoms with Crippen LogP contribution in [-0.2, 0) is 11.2 Å². The van der Waals surface area contributed by atoms with E-state index in [0.717, 1.165) is 11.1 Å². The molecule has 0 bridgehead atoms. The van der Waals surface area contributed by atoms with Crippen molar-refractivity contribution in [3.63, 3.8) is 0 Å². The molecule has 0 unspecified atom stereocenters. The molecule has 2 N–H and O–H groups in total. The fourth-order valence-corrected chi connectivity index (χ4v) is 3.79. The zero-order chi connectivity index (χ0) is 21.8. The molecule has 30 heavy (non-hydrogen) atoms. The molecule has 8 nitrogen and oxygen atoms in total. The van der Waals surface area contributed by atoms with E-state index in [4.69, 9.17) is 25.8 Å². The number of nitrogens with zero attached hydrogens (tertiary/aromatic N) is 1. The molecule has 0 aliphatic carbocycles. The summed E-state index contributed by atoms with van der Waals surface area (Å²) in [6, 6.07) is 7.34. The van der Waals surface area contributed by atoms with E-state index in [1.807, 2.05) is 6.07 Å². The largest absolute Gasteiger partial charge is 0.495 e. The Labute approximate surface area is 179 Å². The molecule has 0 spiro atoms. The summed E-state index contributed by atoms with van der Waals surface area (Å²) in [5.41, 5.74) is 2.04. The van der Waals surface area contributed by atoms with Gasteiger partial charge in [-0.15, -0.1) is 0 Å². The molecule has 1 heterocycles. The third kappa shape index (κ3) is 4.38. The first-order valence-corrected chi connectivity index (χ1v) is 9.63. The van der Waals surface area contributed by atoms with Crippen LogP contribution < -0.4 is 19.5 Å². The second-order valence-corrected chi connectivity index (χ2v) is 7.17. The summed E-state index contributed by atoms with van der Waals surface area (Å²) in [4.78, 5) is 26.2. The quantitative estimate of drug-likeness (QED) is 0.713. The summed E-state index contributed by atoms with van der Waals surface area (Å²) in [5, 5.41) is 12.7. The predicted molar refractivity (Wildman–Crippen MR) is 112 cm³/mol. The van der Waals surface area contributed by atoms with Crippen LogP contribution in [0.1, 0.15) is 23.6 Å². The first-order chi connectivity index (χ1) is 14.4. The maximum absolute atomic E-state index is 13.1. The van der Waals surface area contributed by atoms with Crippen molar-refractivity contribution in [2.24, 2.45) is 0 Å². The SMILES string of the molecule is COc1ccc(Cl)cc1NC(=O)N1CCc2cc(OC)c(OC)cc2[C@@H]1CC(=O)O. The molecule has 2 amide bonds. The number of rotatable bonds is 6. The van der Waals surface area contributed by atoms with Crippen molar-refractivity contribution >= 4 is 29.3 Å². The monoisotopic (exact) mass is 434 g/mol. The van der Waals surface area contributed by atoms with Crippen molar-refractivity contribution in [1.82, 2.24) is 4.90 Å². The van der Waals surface area contributed by atoms with Crippen LogP contribution in [0.15, 0.2) is 30.3 Å². The zero-order valence-electron chi connectivity index (χ0n) is 16.9. The molecule has 2 aromatic rings. The molecule has 0 aromatic heterocycles. The van der Waals surface area contributed by atoms with Crippen molar-refractivity contribution in [2.45, 2.75) is 18.9 Å². The lowest BCUT2D eigenvalue weighted by Crippen LogP contribution is -2.43. The van der Waals surface area contributed by atoms with Gasteiger partial charge in [-0.25, -0.2) is 4.79 Å². The van der Waals surface area contributed by atoms with Gasteiger partial charge in [0, 0.05) is 11.6 Å². The Morgan fingerprint density at radius 3 is 2.40 bits per heavy atom. The maximum atomic E-state index is 13.1. The normalized spacial score (nSPS) is 15.2. The number of hydrogen-bond acceptors (Lipinski definition) is 5. The number of amides is 2. The molecule has 1 aliphatic rings. The highest BCUT2D eigenvalue weighted by molar-refractivity contribution is 6.31. The van der Waals surface area contributed by atoms with Gasteiger partial charge < -0.3 is 29.5 Å². The second-order valence-electron chi connectivity index (χ2n) is 6.74. The number of fused-ring (bicyclic) bond motifs is 1. The molecular weight excluding hydrogens is 412 g/mol. The molecule has 1 atom stereocenters. The number of aliphatic carboxylic acids is 1. The Morgan fingerprint density at radius 2 is 1.77 bits per heavy atom. The molecule has 3 rings (SSSR count). The summed E-state index contributed by atoms with van der Waals surface area (Å²) >= 11 is 6.05. The first kappa shape index (κ1) is 21.6. The van der Waals surface area contributed by atoms with Crippen LogP contribution >= 0.6 is 11.6 Å². The summed E-state index contributed by atoms with van der Waals surface area (Å²) < 4.78 is 16.0. The minimum absolute atomic E-state index is 0.247. The van der Waals surface area contributed by atoms with Gasteiger partial charge in [-0.05, 0) is 47.9 Å². The lowest BCUT2D eigenvalue weighted by Gasteiger charge is -2.37. The fourth-order valence-electron chi connectivity index (χ4n) is 3.62. The van der Waals surface area contributed by atoms with Crippen LogP contribution in [0.2, 0.25) is 5.02 Å². The molecule has 0 saturated heterocycles. The number of anilines is 1. The van der Waals surface area contributed by atoms with E-state index in [1.165, 1.54) is 19.1 Å². The minimum atomic E-state index is -1.01. The van der Waals surface area contributed by atoms with Crippen LogP contribution in [-0.4, -0.2) is 49.9 Å². The average molecular weight is 435 g/mol. The number of ether oxygens (including phenoxy) is 3. The van der Waals surface area contributed by atoms with Gasteiger partial charge in [0.1, 0.15) is 5.75 Å². The van der Waals surface area contributed by atoms with Crippen LogP contribution in [0.5, 0.6) is 17.2 Å². The summed E-state index contributed by atoms with van der Waals surface area (Å²) in [5.74, 6) is 0.476. The molecular formula is C21H23ClN2O6. The lowest BCUT2D eigenvalue weighted by atomic mass is 9.90. The number of carbonyl (C=O) groups is 2. The molecule has 160 valence electrons.